The van der Waals surface area contributed by atoms with Crippen LogP contribution in [0.25, 0.3) is 0 Å². The molecule has 0 radical (unpaired) electrons. The molecule has 0 unspecified atom stereocenters. The number of rotatable bonds is 6. The summed E-state index contributed by atoms with van der Waals surface area (Å²) in [7, 11) is -2.18. The van der Waals surface area contributed by atoms with E-state index in [-0.39, 0.29) is 10.6 Å². The average molecular weight is 391 g/mol. The van der Waals surface area contributed by atoms with Crippen molar-refractivity contribution in [3.05, 3.63) is 64.2 Å². The van der Waals surface area contributed by atoms with Gasteiger partial charge in [0.25, 0.3) is 5.69 Å². The Hall–Kier alpha value is -2.49. The lowest BCUT2D eigenvalue weighted by Crippen LogP contribution is -2.48. The van der Waals surface area contributed by atoms with Crippen LogP contribution in [0.3, 0.4) is 0 Å². The molecule has 1 aliphatic heterocycles. The first kappa shape index (κ1) is 19.3. The van der Waals surface area contributed by atoms with Crippen LogP contribution in [0.15, 0.2) is 53.4 Å². The molecule has 0 N–H and O–H groups in total. The van der Waals surface area contributed by atoms with Crippen molar-refractivity contribution in [2.75, 3.05) is 33.3 Å². The van der Waals surface area contributed by atoms with Gasteiger partial charge < -0.3 is 4.74 Å². The summed E-state index contributed by atoms with van der Waals surface area (Å²) < 4.78 is 32.4. The lowest BCUT2D eigenvalue weighted by atomic mass is 10.2. The van der Waals surface area contributed by atoms with Crippen molar-refractivity contribution in [1.29, 1.82) is 0 Å². The van der Waals surface area contributed by atoms with Crippen LogP contribution in [0, 0.1) is 10.1 Å². The first-order valence-corrected chi connectivity index (χ1v) is 9.94. The van der Waals surface area contributed by atoms with Crippen LogP contribution in [0.5, 0.6) is 5.75 Å². The Kier molecular flexibility index (Phi) is 5.73. The van der Waals surface area contributed by atoms with E-state index in [1.807, 2.05) is 6.07 Å². The molecule has 3 rings (SSSR count). The van der Waals surface area contributed by atoms with E-state index in [9.17, 15) is 18.5 Å². The Morgan fingerprint density at radius 3 is 2.44 bits per heavy atom. The highest BCUT2D eigenvalue weighted by Gasteiger charge is 2.30. The van der Waals surface area contributed by atoms with Gasteiger partial charge in [-0.3, -0.25) is 15.0 Å². The fraction of sp³-hybridized carbons (Fsp3) is 0.333. The number of benzene rings is 2. The Morgan fingerprint density at radius 1 is 1.07 bits per heavy atom. The van der Waals surface area contributed by atoms with E-state index in [0.29, 0.717) is 38.5 Å². The van der Waals surface area contributed by atoms with Crippen LogP contribution in [-0.2, 0) is 16.6 Å². The molecule has 27 heavy (non-hydrogen) atoms. The summed E-state index contributed by atoms with van der Waals surface area (Å²) in [6, 6.07) is 13.1. The molecule has 0 aliphatic carbocycles. The van der Waals surface area contributed by atoms with E-state index in [1.165, 1.54) is 17.5 Å². The quantitative estimate of drug-likeness (QED) is 0.553. The molecule has 0 bridgehead atoms. The molecule has 0 spiro atoms. The zero-order chi connectivity index (χ0) is 19.4. The Bertz CT molecular complexity index is 924. The first-order chi connectivity index (χ1) is 12.9. The van der Waals surface area contributed by atoms with Crippen molar-refractivity contribution in [3.63, 3.8) is 0 Å². The van der Waals surface area contributed by atoms with Gasteiger partial charge in [-0.15, -0.1) is 0 Å². The summed E-state index contributed by atoms with van der Waals surface area (Å²) in [6.45, 7) is 2.36. The van der Waals surface area contributed by atoms with Crippen LogP contribution >= 0.6 is 0 Å². The second kappa shape index (κ2) is 8.03. The molecule has 1 saturated heterocycles. The van der Waals surface area contributed by atoms with E-state index >= 15 is 0 Å². The van der Waals surface area contributed by atoms with Crippen LogP contribution in [0.1, 0.15) is 5.56 Å². The van der Waals surface area contributed by atoms with Crippen LogP contribution in [0.2, 0.25) is 0 Å². The highest BCUT2D eigenvalue weighted by atomic mass is 32.2. The van der Waals surface area contributed by atoms with Crippen molar-refractivity contribution >= 4 is 15.7 Å². The number of para-hydroxylation sites is 1. The van der Waals surface area contributed by atoms with E-state index in [2.05, 4.69) is 4.90 Å². The molecule has 9 heteroatoms. The molecular weight excluding hydrogens is 370 g/mol. The molecule has 2 aromatic rings. The Morgan fingerprint density at radius 2 is 1.78 bits per heavy atom. The maximum atomic E-state index is 12.9. The number of nitro benzene ring substituents is 1. The van der Waals surface area contributed by atoms with Gasteiger partial charge in [0.1, 0.15) is 10.6 Å². The molecule has 2 aromatic carbocycles. The van der Waals surface area contributed by atoms with E-state index in [0.717, 1.165) is 5.56 Å². The monoisotopic (exact) mass is 391 g/mol. The lowest BCUT2D eigenvalue weighted by molar-refractivity contribution is -0.384. The Balaban J connectivity index is 1.66. The number of nitrogens with zero attached hydrogens (tertiary/aromatic N) is 3. The SMILES string of the molecule is COc1ccccc1S(=O)(=O)N1CCN(Cc2cccc([N+](=O)[O-])c2)CC1. The number of hydrogen-bond donors (Lipinski definition) is 0. The van der Waals surface area contributed by atoms with E-state index < -0.39 is 14.9 Å². The lowest BCUT2D eigenvalue weighted by Gasteiger charge is -2.34. The minimum atomic E-state index is -3.63. The third-order valence-electron chi connectivity index (χ3n) is 4.55. The fourth-order valence-electron chi connectivity index (χ4n) is 3.13. The zero-order valence-electron chi connectivity index (χ0n) is 14.9. The minimum Gasteiger partial charge on any atom is -0.495 e. The third kappa shape index (κ3) is 4.26. The van der Waals surface area contributed by atoms with Crippen molar-refractivity contribution in [3.8, 4) is 5.75 Å². The van der Waals surface area contributed by atoms with Gasteiger partial charge in [-0.2, -0.15) is 4.31 Å². The van der Waals surface area contributed by atoms with Crippen LogP contribution in [0.4, 0.5) is 5.69 Å². The molecule has 144 valence electrons. The number of sulfonamides is 1. The predicted molar refractivity (Wildman–Crippen MR) is 100 cm³/mol. The third-order valence-corrected chi connectivity index (χ3v) is 6.48. The predicted octanol–water partition coefficient (Wildman–Crippen LogP) is 2.11. The highest BCUT2D eigenvalue weighted by Crippen LogP contribution is 2.27. The number of methoxy groups -OCH3 is 1. The topological polar surface area (TPSA) is 93.0 Å². The van der Waals surface area contributed by atoms with Crippen molar-refractivity contribution in [2.24, 2.45) is 0 Å². The van der Waals surface area contributed by atoms with Gasteiger partial charge >= 0.3 is 0 Å². The van der Waals surface area contributed by atoms with E-state index in [4.69, 9.17) is 4.74 Å². The maximum Gasteiger partial charge on any atom is 0.269 e. The molecule has 0 amide bonds. The van der Waals surface area contributed by atoms with Gasteiger partial charge in [0.2, 0.25) is 10.0 Å². The number of nitro groups is 1. The second-order valence-corrected chi connectivity index (χ2v) is 8.16. The summed E-state index contributed by atoms with van der Waals surface area (Å²) in [6.07, 6.45) is 0. The van der Waals surface area contributed by atoms with Crippen molar-refractivity contribution in [1.82, 2.24) is 9.21 Å². The molecular formula is C18H21N3O5S. The van der Waals surface area contributed by atoms with Gasteiger partial charge in [-0.25, -0.2) is 8.42 Å². The summed E-state index contributed by atoms with van der Waals surface area (Å²) in [5.41, 5.74) is 0.898. The normalized spacial score (nSPS) is 16.2. The van der Waals surface area contributed by atoms with Crippen LogP contribution in [-0.4, -0.2) is 55.8 Å². The highest BCUT2D eigenvalue weighted by molar-refractivity contribution is 7.89. The minimum absolute atomic E-state index is 0.0601. The standard InChI is InChI=1S/C18H21N3O5S/c1-26-17-7-2-3-8-18(17)27(24,25)20-11-9-19(10-12-20)14-15-5-4-6-16(13-15)21(22)23/h2-8,13H,9-12,14H2,1H3. The Labute approximate surface area is 158 Å². The van der Waals surface area contributed by atoms with Gasteiger partial charge in [0.15, 0.2) is 0 Å². The van der Waals surface area contributed by atoms with E-state index in [1.54, 1.807) is 36.4 Å². The van der Waals surface area contributed by atoms with Crippen molar-refractivity contribution < 1.29 is 18.1 Å². The zero-order valence-corrected chi connectivity index (χ0v) is 15.8. The van der Waals surface area contributed by atoms with Crippen molar-refractivity contribution in [2.45, 2.75) is 11.4 Å². The fourth-order valence-corrected chi connectivity index (χ4v) is 4.70. The smallest absolute Gasteiger partial charge is 0.269 e. The number of piperazine rings is 1. The number of ether oxygens (including phenoxy) is 1. The first-order valence-electron chi connectivity index (χ1n) is 8.50. The van der Waals surface area contributed by atoms with Gasteiger partial charge in [-0.05, 0) is 17.7 Å². The van der Waals surface area contributed by atoms with Crippen LogP contribution < -0.4 is 4.74 Å². The summed E-state index contributed by atoms with van der Waals surface area (Å²) in [4.78, 5) is 12.7. The largest absolute Gasteiger partial charge is 0.495 e. The summed E-state index contributed by atoms with van der Waals surface area (Å²) in [5.74, 6) is 0.330. The molecule has 1 fully saturated rings. The van der Waals surface area contributed by atoms with Gasteiger partial charge in [0, 0.05) is 44.9 Å². The average Bonchev–Trinajstić information content (AvgIpc) is 2.68. The molecule has 0 aromatic heterocycles. The van der Waals surface area contributed by atoms with Gasteiger partial charge in [0.05, 0.1) is 12.0 Å². The molecule has 1 aliphatic rings. The van der Waals surface area contributed by atoms with Gasteiger partial charge in [-0.1, -0.05) is 24.3 Å². The molecule has 1 heterocycles. The number of non-ortho nitro benzene ring substituents is 1. The number of hydrogen-bond acceptors (Lipinski definition) is 6. The molecule has 8 nitrogen and oxygen atoms in total. The second-order valence-electron chi connectivity index (χ2n) is 6.26. The summed E-state index contributed by atoms with van der Waals surface area (Å²) in [5, 5.41) is 10.9. The molecule has 0 saturated carbocycles. The molecule has 0 atom stereocenters. The maximum absolute atomic E-state index is 12.9. The summed E-state index contributed by atoms with van der Waals surface area (Å²) >= 11 is 0.